The van der Waals surface area contributed by atoms with Crippen LogP contribution in [0.4, 0.5) is 5.69 Å². The predicted octanol–water partition coefficient (Wildman–Crippen LogP) is 2.63. The Hall–Kier alpha value is -1.66. The maximum absolute atomic E-state index is 11.0. The molecular formula is C15H24N2O4. The molecule has 0 fully saturated rings. The third kappa shape index (κ3) is 5.69. The Morgan fingerprint density at radius 3 is 2.67 bits per heavy atom. The van der Waals surface area contributed by atoms with Crippen molar-refractivity contribution >= 4 is 5.69 Å². The number of nitro benzene ring substituents is 1. The van der Waals surface area contributed by atoms with Crippen LogP contribution in [-0.2, 0) is 6.54 Å². The molecule has 0 heterocycles. The van der Waals surface area contributed by atoms with Gasteiger partial charge in [-0.15, -0.1) is 0 Å². The summed E-state index contributed by atoms with van der Waals surface area (Å²) >= 11 is 0. The van der Waals surface area contributed by atoms with Crippen LogP contribution in [0.5, 0.6) is 5.75 Å². The van der Waals surface area contributed by atoms with Crippen molar-refractivity contribution in [1.82, 2.24) is 5.32 Å². The Balaban J connectivity index is 2.91. The molecule has 0 aliphatic heterocycles. The van der Waals surface area contributed by atoms with Crippen molar-refractivity contribution in [3.8, 4) is 5.75 Å². The van der Waals surface area contributed by atoms with Crippen molar-refractivity contribution in [2.75, 3.05) is 6.61 Å². The van der Waals surface area contributed by atoms with E-state index in [-0.39, 0.29) is 18.0 Å². The first-order chi connectivity index (χ1) is 9.75. The van der Waals surface area contributed by atoms with Crippen molar-refractivity contribution in [3.63, 3.8) is 0 Å². The Labute approximate surface area is 125 Å². The average Bonchev–Trinajstić information content (AvgIpc) is 2.42. The fourth-order valence-electron chi connectivity index (χ4n) is 1.59. The molecule has 1 aromatic rings. The monoisotopic (exact) mass is 296 g/mol. The van der Waals surface area contributed by atoms with Gasteiger partial charge in [0.15, 0.2) is 5.75 Å². The van der Waals surface area contributed by atoms with Gasteiger partial charge in [0.25, 0.3) is 0 Å². The van der Waals surface area contributed by atoms with E-state index >= 15 is 0 Å². The number of hydrogen-bond acceptors (Lipinski definition) is 5. The molecule has 0 saturated carbocycles. The van der Waals surface area contributed by atoms with Gasteiger partial charge in [0.1, 0.15) is 6.61 Å². The summed E-state index contributed by atoms with van der Waals surface area (Å²) < 4.78 is 5.48. The second-order valence-electron chi connectivity index (χ2n) is 5.73. The van der Waals surface area contributed by atoms with Crippen molar-refractivity contribution in [2.24, 2.45) is 0 Å². The van der Waals surface area contributed by atoms with Crippen molar-refractivity contribution in [3.05, 3.63) is 33.9 Å². The Morgan fingerprint density at radius 2 is 2.14 bits per heavy atom. The Morgan fingerprint density at radius 1 is 1.48 bits per heavy atom. The molecule has 1 unspecified atom stereocenters. The predicted molar refractivity (Wildman–Crippen MR) is 81.5 cm³/mol. The topological polar surface area (TPSA) is 84.6 Å². The van der Waals surface area contributed by atoms with Crippen molar-refractivity contribution in [2.45, 2.75) is 52.3 Å². The quantitative estimate of drug-likeness (QED) is 0.569. The number of hydrogen-bond donors (Lipinski definition) is 2. The molecule has 0 aliphatic carbocycles. The van der Waals surface area contributed by atoms with Gasteiger partial charge in [0, 0.05) is 18.7 Å². The van der Waals surface area contributed by atoms with Crippen LogP contribution in [0.15, 0.2) is 18.2 Å². The van der Waals surface area contributed by atoms with E-state index in [1.165, 1.54) is 6.07 Å². The fraction of sp³-hybridized carbons (Fsp3) is 0.600. The van der Waals surface area contributed by atoms with Gasteiger partial charge in [-0.05, 0) is 25.0 Å². The summed E-state index contributed by atoms with van der Waals surface area (Å²) in [5.41, 5.74) is -0.185. The lowest BCUT2D eigenvalue weighted by atomic mass is 10.1. The third-order valence-electron chi connectivity index (χ3n) is 3.24. The van der Waals surface area contributed by atoms with Gasteiger partial charge in [-0.25, -0.2) is 0 Å². The summed E-state index contributed by atoms with van der Waals surface area (Å²) in [5, 5.41) is 24.2. The zero-order chi connectivity index (χ0) is 16.0. The van der Waals surface area contributed by atoms with Crippen LogP contribution in [0.25, 0.3) is 0 Å². The lowest BCUT2D eigenvalue weighted by Crippen LogP contribution is -2.31. The van der Waals surface area contributed by atoms with E-state index in [1.54, 1.807) is 19.1 Å². The highest BCUT2D eigenvalue weighted by molar-refractivity contribution is 5.48. The molecule has 0 saturated heterocycles. The summed E-state index contributed by atoms with van der Waals surface area (Å²) in [4.78, 5) is 10.6. The van der Waals surface area contributed by atoms with Gasteiger partial charge in [-0.2, -0.15) is 0 Å². The van der Waals surface area contributed by atoms with Crippen molar-refractivity contribution < 1.29 is 14.8 Å². The maximum atomic E-state index is 11.0. The van der Waals surface area contributed by atoms with Gasteiger partial charge in [0.2, 0.25) is 0 Å². The molecule has 0 amide bonds. The maximum Gasteiger partial charge on any atom is 0.310 e. The summed E-state index contributed by atoms with van der Waals surface area (Å²) in [7, 11) is 0. The number of ether oxygens (including phenoxy) is 1. The van der Waals surface area contributed by atoms with Gasteiger partial charge >= 0.3 is 5.69 Å². The van der Waals surface area contributed by atoms with Crippen LogP contribution in [0.1, 0.15) is 39.7 Å². The normalized spacial score (nSPS) is 14.0. The summed E-state index contributed by atoms with van der Waals surface area (Å²) in [6.07, 6.45) is 0.509. The second kappa shape index (κ2) is 7.38. The number of aliphatic hydroxyl groups is 1. The summed E-state index contributed by atoms with van der Waals surface area (Å²) in [5.74, 6) is 0.191. The minimum atomic E-state index is -1.000. The minimum Gasteiger partial charge on any atom is -0.484 e. The fourth-order valence-corrected chi connectivity index (χ4v) is 1.59. The van der Waals surface area contributed by atoms with Crippen LogP contribution in [0.3, 0.4) is 0 Å². The smallest absolute Gasteiger partial charge is 0.310 e. The van der Waals surface area contributed by atoms with E-state index in [0.717, 1.165) is 5.56 Å². The highest BCUT2D eigenvalue weighted by Crippen LogP contribution is 2.29. The molecule has 1 aromatic carbocycles. The first-order valence-electron chi connectivity index (χ1n) is 7.11. The lowest BCUT2D eigenvalue weighted by molar-refractivity contribution is -0.386. The largest absolute Gasteiger partial charge is 0.484 e. The van der Waals surface area contributed by atoms with E-state index < -0.39 is 10.5 Å². The third-order valence-corrected chi connectivity index (χ3v) is 3.24. The van der Waals surface area contributed by atoms with E-state index in [2.05, 4.69) is 5.32 Å². The Bertz CT molecular complexity index is 487. The standard InChI is InChI=1S/C15H24N2O4/c1-5-15(4,18)10-21-14-8-12(9-16-11(2)3)6-7-13(14)17(19)20/h6-8,11,16,18H,5,9-10H2,1-4H3. The SMILES string of the molecule is CCC(C)(O)COc1cc(CNC(C)C)ccc1[N+](=O)[O-]. The van der Waals surface area contributed by atoms with Crippen LogP contribution < -0.4 is 10.1 Å². The van der Waals surface area contributed by atoms with Crippen LogP contribution in [0, 0.1) is 10.1 Å². The number of rotatable bonds is 8. The number of nitro groups is 1. The average molecular weight is 296 g/mol. The molecule has 1 atom stereocenters. The van der Waals surface area contributed by atoms with E-state index in [1.807, 2.05) is 20.8 Å². The number of nitrogens with one attached hydrogen (secondary N) is 1. The van der Waals surface area contributed by atoms with Gasteiger partial charge in [0.05, 0.1) is 10.5 Å². The van der Waals surface area contributed by atoms with Crippen LogP contribution in [-0.4, -0.2) is 28.3 Å². The molecule has 0 bridgehead atoms. The first kappa shape index (κ1) is 17.4. The highest BCUT2D eigenvalue weighted by Gasteiger charge is 2.22. The molecule has 1 rings (SSSR count). The Kier molecular flexibility index (Phi) is 6.11. The van der Waals surface area contributed by atoms with E-state index in [4.69, 9.17) is 4.74 Å². The molecule has 0 spiro atoms. The van der Waals surface area contributed by atoms with Crippen LogP contribution >= 0.6 is 0 Å². The van der Waals surface area contributed by atoms with E-state index in [0.29, 0.717) is 19.0 Å². The lowest BCUT2D eigenvalue weighted by Gasteiger charge is -2.21. The second-order valence-corrected chi connectivity index (χ2v) is 5.73. The molecule has 6 heteroatoms. The molecule has 0 aliphatic rings. The molecule has 0 radical (unpaired) electrons. The van der Waals surface area contributed by atoms with E-state index in [9.17, 15) is 15.2 Å². The zero-order valence-electron chi connectivity index (χ0n) is 13.0. The minimum absolute atomic E-state index is 0.0192. The number of nitrogens with zero attached hydrogens (tertiary/aromatic N) is 1. The van der Waals surface area contributed by atoms with Gasteiger partial charge in [-0.3, -0.25) is 10.1 Å². The summed E-state index contributed by atoms with van der Waals surface area (Å²) in [6.45, 7) is 8.16. The number of benzene rings is 1. The van der Waals surface area contributed by atoms with Gasteiger partial charge < -0.3 is 15.2 Å². The molecular weight excluding hydrogens is 272 g/mol. The van der Waals surface area contributed by atoms with Gasteiger partial charge in [-0.1, -0.05) is 26.8 Å². The zero-order valence-corrected chi connectivity index (χ0v) is 13.0. The van der Waals surface area contributed by atoms with Crippen molar-refractivity contribution in [1.29, 1.82) is 0 Å². The summed E-state index contributed by atoms with van der Waals surface area (Å²) in [6, 6.07) is 5.12. The van der Waals surface area contributed by atoms with Crippen LogP contribution in [0.2, 0.25) is 0 Å². The molecule has 6 nitrogen and oxygen atoms in total. The first-order valence-corrected chi connectivity index (χ1v) is 7.11. The molecule has 2 N–H and O–H groups in total. The highest BCUT2D eigenvalue weighted by atomic mass is 16.6. The molecule has 118 valence electrons. The molecule has 0 aromatic heterocycles. The molecule has 21 heavy (non-hydrogen) atoms.